The molecule has 0 aromatic carbocycles. The maximum atomic E-state index is 11.0. The fourth-order valence-electron chi connectivity index (χ4n) is 2.28. The lowest BCUT2D eigenvalue weighted by Gasteiger charge is -2.38. The van der Waals surface area contributed by atoms with Crippen molar-refractivity contribution >= 4 is 11.5 Å². The minimum atomic E-state index is -0.370. The van der Waals surface area contributed by atoms with Crippen LogP contribution in [0, 0.1) is 17.0 Å². The Kier molecular flexibility index (Phi) is 4.31. The molecule has 0 spiro atoms. The van der Waals surface area contributed by atoms with Crippen molar-refractivity contribution in [1.82, 2.24) is 4.98 Å². The number of hydrogen-bond donors (Lipinski definition) is 1. The summed E-state index contributed by atoms with van der Waals surface area (Å²) in [6.07, 6.45) is 5.58. The third kappa shape index (κ3) is 3.01. The molecule has 6 nitrogen and oxygen atoms in total. The second kappa shape index (κ2) is 5.97. The van der Waals surface area contributed by atoms with Gasteiger partial charge in [-0.15, -0.1) is 0 Å². The first-order valence-corrected chi connectivity index (χ1v) is 6.62. The van der Waals surface area contributed by atoms with Gasteiger partial charge >= 0.3 is 0 Å². The molecule has 0 atom stereocenters. The Morgan fingerprint density at radius 1 is 1.58 bits per heavy atom. The van der Waals surface area contributed by atoms with Crippen molar-refractivity contribution in [2.24, 2.45) is 0 Å². The highest BCUT2D eigenvalue weighted by Gasteiger charge is 2.27. The molecule has 19 heavy (non-hydrogen) atoms. The van der Waals surface area contributed by atoms with Gasteiger partial charge in [-0.1, -0.05) is 0 Å². The number of nitro groups is 1. The summed E-state index contributed by atoms with van der Waals surface area (Å²) < 4.78 is 0. The van der Waals surface area contributed by atoms with Crippen LogP contribution in [0.25, 0.3) is 0 Å². The van der Waals surface area contributed by atoms with Gasteiger partial charge in [-0.3, -0.25) is 10.1 Å². The van der Waals surface area contributed by atoms with E-state index in [1.807, 2.05) is 0 Å². The Morgan fingerprint density at radius 2 is 2.32 bits per heavy atom. The van der Waals surface area contributed by atoms with Crippen LogP contribution in [0.5, 0.6) is 0 Å². The van der Waals surface area contributed by atoms with Gasteiger partial charge in [0.1, 0.15) is 5.82 Å². The molecular weight excluding hydrogens is 246 g/mol. The first-order chi connectivity index (χ1) is 9.13. The molecule has 0 unspecified atom stereocenters. The summed E-state index contributed by atoms with van der Waals surface area (Å²) in [5, 5.41) is 19.9. The lowest BCUT2D eigenvalue weighted by molar-refractivity contribution is -0.385. The number of anilines is 1. The molecule has 1 fully saturated rings. The number of hydrogen-bond acceptors (Lipinski definition) is 5. The van der Waals surface area contributed by atoms with E-state index in [2.05, 4.69) is 9.88 Å². The van der Waals surface area contributed by atoms with Crippen LogP contribution >= 0.6 is 0 Å². The molecule has 1 heterocycles. The molecule has 6 heteroatoms. The average Bonchev–Trinajstić information content (AvgIpc) is 2.32. The average molecular weight is 265 g/mol. The number of pyridine rings is 1. The molecule has 1 N–H and O–H groups in total. The zero-order valence-corrected chi connectivity index (χ0v) is 11.1. The summed E-state index contributed by atoms with van der Waals surface area (Å²) in [5.41, 5.74) is 0.683. The number of aliphatic hydroxyl groups is 1. The third-order valence-corrected chi connectivity index (χ3v) is 3.62. The molecule has 0 saturated heterocycles. The summed E-state index contributed by atoms with van der Waals surface area (Å²) in [6, 6.07) is 1.95. The lowest BCUT2D eigenvalue weighted by atomic mass is 9.91. The van der Waals surface area contributed by atoms with Gasteiger partial charge in [0, 0.05) is 31.0 Å². The highest BCUT2D eigenvalue weighted by molar-refractivity contribution is 5.51. The van der Waals surface area contributed by atoms with Crippen LogP contribution in [-0.4, -0.2) is 34.2 Å². The zero-order valence-electron chi connectivity index (χ0n) is 11.1. The van der Waals surface area contributed by atoms with Crippen LogP contribution < -0.4 is 4.90 Å². The van der Waals surface area contributed by atoms with Crippen LogP contribution in [-0.2, 0) is 0 Å². The Labute approximate surface area is 112 Å². The van der Waals surface area contributed by atoms with Crippen molar-refractivity contribution in [3.05, 3.63) is 27.9 Å². The van der Waals surface area contributed by atoms with Crippen molar-refractivity contribution in [3.63, 3.8) is 0 Å². The molecule has 2 rings (SSSR count). The van der Waals surface area contributed by atoms with Gasteiger partial charge in [0.05, 0.1) is 11.0 Å². The summed E-state index contributed by atoms with van der Waals surface area (Å²) in [4.78, 5) is 17.0. The fourth-order valence-corrected chi connectivity index (χ4v) is 2.28. The normalized spacial score (nSPS) is 15.1. The van der Waals surface area contributed by atoms with Gasteiger partial charge < -0.3 is 10.0 Å². The Hall–Kier alpha value is -1.69. The smallest absolute Gasteiger partial charge is 0.277 e. The van der Waals surface area contributed by atoms with E-state index in [-0.39, 0.29) is 17.2 Å². The predicted molar refractivity (Wildman–Crippen MR) is 72.3 cm³/mol. The molecule has 104 valence electrons. The van der Waals surface area contributed by atoms with Crippen molar-refractivity contribution < 1.29 is 10.0 Å². The third-order valence-electron chi connectivity index (χ3n) is 3.62. The minimum Gasteiger partial charge on any atom is -0.396 e. The minimum absolute atomic E-state index is 0.110. The molecule has 1 aromatic heterocycles. The number of aryl methyl sites for hydroxylation is 1. The Balaban J connectivity index is 2.24. The van der Waals surface area contributed by atoms with Crippen molar-refractivity contribution in [1.29, 1.82) is 0 Å². The molecule has 1 aliphatic carbocycles. The van der Waals surface area contributed by atoms with Gasteiger partial charge in [0.15, 0.2) is 0 Å². The first-order valence-electron chi connectivity index (χ1n) is 6.62. The topological polar surface area (TPSA) is 79.5 Å². The van der Waals surface area contributed by atoms with Gasteiger partial charge in [-0.25, -0.2) is 4.98 Å². The maximum absolute atomic E-state index is 11.0. The van der Waals surface area contributed by atoms with Crippen molar-refractivity contribution in [2.75, 3.05) is 18.1 Å². The number of nitrogens with zero attached hydrogens (tertiary/aromatic N) is 3. The second-order valence-electron chi connectivity index (χ2n) is 4.94. The molecule has 1 saturated carbocycles. The lowest BCUT2D eigenvalue weighted by Crippen LogP contribution is -2.41. The summed E-state index contributed by atoms with van der Waals surface area (Å²) in [5.74, 6) is 0.649. The zero-order chi connectivity index (χ0) is 13.8. The van der Waals surface area contributed by atoms with Crippen molar-refractivity contribution in [2.45, 2.75) is 38.6 Å². The number of rotatable bonds is 6. The molecule has 1 aliphatic rings. The molecular formula is C13H19N3O3. The summed E-state index contributed by atoms with van der Waals surface area (Å²) in [7, 11) is 0. The van der Waals surface area contributed by atoms with E-state index in [1.165, 1.54) is 6.42 Å². The number of aliphatic hydroxyl groups excluding tert-OH is 1. The van der Waals surface area contributed by atoms with Gasteiger partial charge in [-0.2, -0.15) is 0 Å². The van der Waals surface area contributed by atoms with Gasteiger partial charge in [0.2, 0.25) is 0 Å². The van der Waals surface area contributed by atoms with Crippen LogP contribution in [0.3, 0.4) is 0 Å². The van der Waals surface area contributed by atoms with E-state index < -0.39 is 0 Å². The van der Waals surface area contributed by atoms with E-state index in [0.717, 1.165) is 12.8 Å². The molecule has 0 amide bonds. The van der Waals surface area contributed by atoms with E-state index in [4.69, 9.17) is 5.11 Å². The monoisotopic (exact) mass is 265 g/mol. The molecule has 0 aliphatic heterocycles. The van der Waals surface area contributed by atoms with E-state index in [1.54, 1.807) is 19.2 Å². The highest BCUT2D eigenvalue weighted by Crippen LogP contribution is 2.31. The first kappa shape index (κ1) is 13.7. The largest absolute Gasteiger partial charge is 0.396 e. The van der Waals surface area contributed by atoms with Crippen LogP contribution in [0.15, 0.2) is 12.3 Å². The second-order valence-corrected chi connectivity index (χ2v) is 4.94. The van der Waals surface area contributed by atoms with E-state index in [9.17, 15) is 10.1 Å². The molecule has 0 radical (unpaired) electrons. The van der Waals surface area contributed by atoms with Gasteiger partial charge in [0.25, 0.3) is 5.69 Å². The predicted octanol–water partition coefficient (Wildman–Crippen LogP) is 2.04. The number of aromatic nitrogens is 1. The van der Waals surface area contributed by atoms with Crippen LogP contribution in [0.2, 0.25) is 0 Å². The Bertz CT molecular complexity index is 460. The quantitative estimate of drug-likeness (QED) is 0.629. The fraction of sp³-hybridized carbons (Fsp3) is 0.615. The van der Waals surface area contributed by atoms with Crippen LogP contribution in [0.4, 0.5) is 11.5 Å². The Morgan fingerprint density at radius 3 is 2.84 bits per heavy atom. The molecule has 0 bridgehead atoms. The van der Waals surface area contributed by atoms with Gasteiger partial charge in [-0.05, 0) is 32.6 Å². The standard InChI is InChI=1S/C13H19N3O3/c1-10-9-14-13(8-12(10)16(18)19)15(6-3-7-17)11-4-2-5-11/h8-9,11,17H,2-7H2,1H3. The maximum Gasteiger partial charge on any atom is 0.277 e. The summed E-state index contributed by atoms with van der Waals surface area (Å²) >= 11 is 0. The van der Waals surface area contributed by atoms with Crippen LogP contribution in [0.1, 0.15) is 31.2 Å². The molecule has 1 aromatic rings. The highest BCUT2D eigenvalue weighted by atomic mass is 16.6. The SMILES string of the molecule is Cc1cnc(N(CCCO)C2CCC2)cc1[N+](=O)[O-]. The van der Waals surface area contributed by atoms with E-state index in [0.29, 0.717) is 30.4 Å². The van der Waals surface area contributed by atoms with E-state index >= 15 is 0 Å². The summed E-state index contributed by atoms with van der Waals surface area (Å²) in [6.45, 7) is 2.50. The van der Waals surface area contributed by atoms with Crippen molar-refractivity contribution in [3.8, 4) is 0 Å².